The minimum absolute atomic E-state index is 0.137. The second-order valence-electron chi connectivity index (χ2n) is 6.81. The van der Waals surface area contributed by atoms with Crippen molar-refractivity contribution in [1.29, 1.82) is 0 Å². The van der Waals surface area contributed by atoms with E-state index in [-0.39, 0.29) is 5.91 Å². The molecule has 1 aliphatic heterocycles. The highest BCUT2D eigenvalue weighted by atomic mass is 16.5. The maximum absolute atomic E-state index is 12.5. The van der Waals surface area contributed by atoms with Gasteiger partial charge in [0.15, 0.2) is 6.10 Å². The molecule has 1 fully saturated rings. The third-order valence-electron chi connectivity index (χ3n) is 4.88. The number of para-hydroxylation sites is 1. The van der Waals surface area contributed by atoms with E-state index in [1.54, 1.807) is 6.92 Å². The van der Waals surface area contributed by atoms with Crippen molar-refractivity contribution in [3.63, 3.8) is 0 Å². The summed E-state index contributed by atoms with van der Waals surface area (Å²) in [5, 5.41) is 2.95. The van der Waals surface area contributed by atoms with Gasteiger partial charge in [-0.3, -0.25) is 4.79 Å². The lowest BCUT2D eigenvalue weighted by atomic mass is 10.1. The van der Waals surface area contributed by atoms with Crippen LogP contribution in [0.2, 0.25) is 0 Å². The van der Waals surface area contributed by atoms with E-state index in [0.29, 0.717) is 0 Å². The third kappa shape index (κ3) is 4.57. The van der Waals surface area contributed by atoms with Crippen LogP contribution < -0.4 is 15.0 Å². The number of piperidine rings is 1. The molecule has 0 bridgehead atoms. The number of hydrogen-bond acceptors (Lipinski definition) is 3. The molecule has 1 unspecified atom stereocenters. The monoisotopic (exact) mass is 352 g/mol. The average molecular weight is 352 g/mol. The SMILES string of the molecule is CCc1ccccc1OC(C)C(=O)Nc1ccc(N2CCCCC2)cc1. The Bertz CT molecular complexity index is 721. The molecule has 1 atom stereocenters. The van der Waals surface area contributed by atoms with E-state index < -0.39 is 6.10 Å². The number of carbonyl (C=O) groups is 1. The zero-order valence-electron chi connectivity index (χ0n) is 15.7. The van der Waals surface area contributed by atoms with Gasteiger partial charge in [0.2, 0.25) is 0 Å². The predicted molar refractivity (Wildman–Crippen MR) is 107 cm³/mol. The molecule has 0 saturated carbocycles. The van der Waals surface area contributed by atoms with Crippen LogP contribution in [0.3, 0.4) is 0 Å². The number of ether oxygens (including phenoxy) is 1. The van der Waals surface area contributed by atoms with Crippen LogP contribution in [0.1, 0.15) is 38.7 Å². The van der Waals surface area contributed by atoms with Crippen molar-refractivity contribution in [2.45, 2.75) is 45.6 Å². The molecule has 0 aromatic heterocycles. The highest BCUT2D eigenvalue weighted by molar-refractivity contribution is 5.94. The highest BCUT2D eigenvalue weighted by Crippen LogP contribution is 2.23. The quantitative estimate of drug-likeness (QED) is 0.823. The van der Waals surface area contributed by atoms with Crippen LogP contribution in [0.25, 0.3) is 0 Å². The van der Waals surface area contributed by atoms with Crippen LogP contribution in [0, 0.1) is 0 Å². The third-order valence-corrected chi connectivity index (χ3v) is 4.88. The van der Waals surface area contributed by atoms with Crippen molar-refractivity contribution >= 4 is 17.3 Å². The Labute approximate surface area is 156 Å². The summed E-state index contributed by atoms with van der Waals surface area (Å²) in [6.45, 7) is 6.10. The molecule has 2 aromatic carbocycles. The minimum Gasteiger partial charge on any atom is -0.481 e. The van der Waals surface area contributed by atoms with Crippen molar-refractivity contribution in [3.8, 4) is 5.75 Å². The molecule has 0 spiro atoms. The molecule has 0 aliphatic carbocycles. The molecule has 4 heteroatoms. The molecule has 2 aromatic rings. The number of nitrogens with zero attached hydrogens (tertiary/aromatic N) is 1. The zero-order valence-corrected chi connectivity index (χ0v) is 15.7. The van der Waals surface area contributed by atoms with Gasteiger partial charge in [-0.15, -0.1) is 0 Å². The number of nitrogens with one attached hydrogen (secondary N) is 1. The Morgan fingerprint density at radius 1 is 1.08 bits per heavy atom. The molecule has 3 rings (SSSR count). The van der Waals surface area contributed by atoms with Crippen molar-refractivity contribution in [2.24, 2.45) is 0 Å². The summed E-state index contributed by atoms with van der Waals surface area (Å²) < 4.78 is 5.87. The number of aryl methyl sites for hydroxylation is 1. The van der Waals surface area contributed by atoms with Crippen molar-refractivity contribution in [3.05, 3.63) is 54.1 Å². The summed E-state index contributed by atoms with van der Waals surface area (Å²) in [6.07, 6.45) is 4.16. The standard InChI is InChI=1S/C22H28N2O2/c1-3-18-9-5-6-10-21(18)26-17(2)22(25)23-19-11-13-20(14-12-19)24-15-7-4-8-16-24/h5-6,9-14,17H,3-4,7-8,15-16H2,1-2H3,(H,23,25). The van der Waals surface area contributed by atoms with Crippen molar-refractivity contribution in [1.82, 2.24) is 0 Å². The summed E-state index contributed by atoms with van der Waals surface area (Å²) in [4.78, 5) is 14.9. The summed E-state index contributed by atoms with van der Waals surface area (Å²) in [6, 6.07) is 16.0. The summed E-state index contributed by atoms with van der Waals surface area (Å²) in [7, 11) is 0. The van der Waals surface area contributed by atoms with Gasteiger partial charge in [0.1, 0.15) is 5.75 Å². The van der Waals surface area contributed by atoms with E-state index in [1.807, 2.05) is 36.4 Å². The second-order valence-corrected chi connectivity index (χ2v) is 6.81. The molecular weight excluding hydrogens is 324 g/mol. The normalized spacial score (nSPS) is 15.4. The Morgan fingerprint density at radius 3 is 2.46 bits per heavy atom. The van der Waals surface area contributed by atoms with Crippen LogP contribution >= 0.6 is 0 Å². The van der Waals surface area contributed by atoms with Gasteiger partial charge < -0.3 is 15.0 Å². The fourth-order valence-electron chi connectivity index (χ4n) is 3.31. The summed E-state index contributed by atoms with van der Waals surface area (Å²) in [5.74, 6) is 0.639. The van der Waals surface area contributed by atoms with Gasteiger partial charge in [0.05, 0.1) is 0 Å². The molecule has 0 radical (unpaired) electrons. The number of benzene rings is 2. The molecule has 1 amide bonds. The first-order chi connectivity index (χ1) is 12.7. The Morgan fingerprint density at radius 2 is 1.77 bits per heavy atom. The van der Waals surface area contributed by atoms with Crippen LogP contribution in [-0.2, 0) is 11.2 Å². The minimum atomic E-state index is -0.551. The lowest BCUT2D eigenvalue weighted by Crippen LogP contribution is -2.30. The number of amides is 1. The zero-order chi connectivity index (χ0) is 18.4. The average Bonchev–Trinajstić information content (AvgIpc) is 2.69. The Kier molecular flexibility index (Phi) is 6.16. The summed E-state index contributed by atoms with van der Waals surface area (Å²) >= 11 is 0. The van der Waals surface area contributed by atoms with Gasteiger partial charge in [0, 0.05) is 24.5 Å². The van der Waals surface area contributed by atoms with Crippen LogP contribution in [-0.4, -0.2) is 25.1 Å². The number of carbonyl (C=O) groups excluding carboxylic acids is 1. The number of rotatable bonds is 6. The smallest absolute Gasteiger partial charge is 0.265 e. The molecule has 1 saturated heterocycles. The van der Waals surface area contributed by atoms with E-state index >= 15 is 0 Å². The first-order valence-electron chi connectivity index (χ1n) is 9.58. The maximum Gasteiger partial charge on any atom is 0.265 e. The maximum atomic E-state index is 12.5. The summed E-state index contributed by atoms with van der Waals surface area (Å²) in [5.41, 5.74) is 3.14. The van der Waals surface area contributed by atoms with Gasteiger partial charge in [-0.25, -0.2) is 0 Å². The second kappa shape index (κ2) is 8.75. The van der Waals surface area contributed by atoms with E-state index in [2.05, 4.69) is 29.3 Å². The van der Waals surface area contributed by atoms with E-state index in [9.17, 15) is 4.79 Å². The molecule has 1 aliphatic rings. The largest absolute Gasteiger partial charge is 0.481 e. The van der Waals surface area contributed by atoms with E-state index in [1.165, 1.54) is 24.9 Å². The molecule has 138 valence electrons. The lowest BCUT2D eigenvalue weighted by Gasteiger charge is -2.28. The Hall–Kier alpha value is -2.49. The molecule has 1 N–H and O–H groups in total. The fraction of sp³-hybridized carbons (Fsp3) is 0.409. The Balaban J connectivity index is 1.58. The van der Waals surface area contributed by atoms with Gasteiger partial charge in [0.25, 0.3) is 5.91 Å². The molecule has 1 heterocycles. The van der Waals surface area contributed by atoms with Gasteiger partial charge in [-0.05, 0) is 68.5 Å². The van der Waals surface area contributed by atoms with Gasteiger partial charge >= 0.3 is 0 Å². The topological polar surface area (TPSA) is 41.6 Å². The van der Waals surface area contributed by atoms with Gasteiger partial charge in [-0.1, -0.05) is 25.1 Å². The molecular formula is C22H28N2O2. The van der Waals surface area contributed by atoms with Gasteiger partial charge in [-0.2, -0.15) is 0 Å². The van der Waals surface area contributed by atoms with Crippen molar-refractivity contribution in [2.75, 3.05) is 23.3 Å². The van der Waals surface area contributed by atoms with E-state index in [4.69, 9.17) is 4.74 Å². The predicted octanol–water partition coefficient (Wildman–Crippen LogP) is 4.65. The van der Waals surface area contributed by atoms with Crippen molar-refractivity contribution < 1.29 is 9.53 Å². The number of anilines is 2. The first-order valence-corrected chi connectivity index (χ1v) is 9.58. The fourth-order valence-corrected chi connectivity index (χ4v) is 3.31. The molecule has 26 heavy (non-hydrogen) atoms. The van der Waals surface area contributed by atoms with Crippen LogP contribution in [0.5, 0.6) is 5.75 Å². The highest BCUT2D eigenvalue weighted by Gasteiger charge is 2.16. The van der Waals surface area contributed by atoms with Crippen LogP contribution in [0.4, 0.5) is 11.4 Å². The number of hydrogen-bond donors (Lipinski definition) is 1. The van der Waals surface area contributed by atoms with Crippen LogP contribution in [0.15, 0.2) is 48.5 Å². The first kappa shape index (κ1) is 18.3. The van der Waals surface area contributed by atoms with E-state index in [0.717, 1.165) is 36.5 Å². The lowest BCUT2D eigenvalue weighted by molar-refractivity contribution is -0.122. The molecule has 4 nitrogen and oxygen atoms in total.